The Bertz CT molecular complexity index is 970. The molecule has 4 rings (SSSR count). The number of halogens is 1. The van der Waals surface area contributed by atoms with E-state index in [4.69, 9.17) is 0 Å². The number of likely N-dealkylation sites (tertiary alicyclic amines) is 2. The van der Waals surface area contributed by atoms with Crippen LogP contribution in [0.1, 0.15) is 45.8 Å². The highest BCUT2D eigenvalue weighted by Crippen LogP contribution is 2.44. The molecule has 0 saturated carbocycles. The molecule has 30 heavy (non-hydrogen) atoms. The number of aryl methyl sites for hydroxylation is 2. The van der Waals surface area contributed by atoms with Crippen molar-refractivity contribution in [1.29, 1.82) is 0 Å². The van der Waals surface area contributed by atoms with Crippen molar-refractivity contribution in [2.24, 2.45) is 11.8 Å². The maximum absolute atomic E-state index is 13.0. The third kappa shape index (κ3) is 3.79. The van der Waals surface area contributed by atoms with E-state index in [1.807, 2.05) is 18.7 Å². The Hall–Kier alpha value is -2.18. The van der Waals surface area contributed by atoms with Gasteiger partial charge < -0.3 is 4.90 Å². The van der Waals surface area contributed by atoms with Gasteiger partial charge in [0.2, 0.25) is 5.91 Å². The van der Waals surface area contributed by atoms with Crippen molar-refractivity contribution >= 4 is 24.1 Å². The molecule has 0 aliphatic carbocycles. The number of ketones is 1. The molecule has 2 aromatic rings. The molecule has 2 aliphatic heterocycles. The molecule has 0 spiro atoms. The topological polar surface area (TPSA) is 58.4 Å². The van der Waals surface area contributed by atoms with Gasteiger partial charge in [-0.05, 0) is 51.8 Å². The fourth-order valence-corrected chi connectivity index (χ4v) is 5.44. The first-order chi connectivity index (χ1) is 13.8. The van der Waals surface area contributed by atoms with Crippen molar-refractivity contribution in [3.63, 3.8) is 0 Å². The zero-order valence-corrected chi connectivity index (χ0v) is 19.2. The summed E-state index contributed by atoms with van der Waals surface area (Å²) >= 11 is 0. The molecule has 2 saturated heterocycles. The van der Waals surface area contributed by atoms with Gasteiger partial charge >= 0.3 is 0 Å². The Morgan fingerprint density at radius 3 is 2.43 bits per heavy atom. The molecule has 7 heteroatoms. The number of fused-ring (bicyclic) bond motifs is 1. The third-order valence-electron chi connectivity index (χ3n) is 6.77. The number of nitrogens with zero attached hydrogens (tertiary/aromatic N) is 4. The van der Waals surface area contributed by atoms with E-state index in [-0.39, 0.29) is 30.6 Å². The van der Waals surface area contributed by atoms with Crippen molar-refractivity contribution in [3.05, 3.63) is 52.3 Å². The zero-order chi connectivity index (χ0) is 20.9. The van der Waals surface area contributed by atoms with Crippen LogP contribution in [0.3, 0.4) is 0 Å². The summed E-state index contributed by atoms with van der Waals surface area (Å²) in [4.78, 5) is 29.3. The molecule has 3 atom stereocenters. The smallest absolute Gasteiger partial charge is 0.244 e. The van der Waals surface area contributed by atoms with Gasteiger partial charge in [-0.1, -0.05) is 24.3 Å². The number of hydrogen-bond acceptors (Lipinski definition) is 4. The van der Waals surface area contributed by atoms with Gasteiger partial charge in [0.15, 0.2) is 5.78 Å². The predicted octanol–water partition coefficient (Wildman–Crippen LogP) is 3.19. The number of benzene rings is 1. The summed E-state index contributed by atoms with van der Waals surface area (Å²) in [5.74, 6) is 1.05. The van der Waals surface area contributed by atoms with Crippen LogP contribution in [0.2, 0.25) is 0 Å². The van der Waals surface area contributed by atoms with Gasteiger partial charge in [-0.3, -0.25) is 19.2 Å². The minimum Gasteiger partial charge on any atom is -0.340 e. The normalized spacial score (nSPS) is 23.4. The van der Waals surface area contributed by atoms with E-state index in [0.717, 1.165) is 25.3 Å². The lowest BCUT2D eigenvalue weighted by Gasteiger charge is -2.28. The number of carbonyl (C=O) groups is 2. The molecule has 6 nitrogen and oxygen atoms in total. The number of Topliss-reactive ketones (excluding diaryl/α,β-unsaturated/α-hetero) is 1. The summed E-state index contributed by atoms with van der Waals surface area (Å²) in [5, 5.41) is 4.44. The Balaban J connectivity index is 0.00000256. The first kappa shape index (κ1) is 22.5. The van der Waals surface area contributed by atoms with Gasteiger partial charge in [-0.25, -0.2) is 0 Å². The summed E-state index contributed by atoms with van der Waals surface area (Å²) in [7, 11) is 2.20. The van der Waals surface area contributed by atoms with Gasteiger partial charge in [0.25, 0.3) is 0 Å². The maximum atomic E-state index is 13.0. The van der Waals surface area contributed by atoms with E-state index in [9.17, 15) is 9.59 Å². The SMILES string of the molecule is CC(=O)c1c(C)nn(CC(=O)N2C[C@@H]3CN(C)[C@H](c4ccccc4C)[C@@H]3C2)c1C.Cl. The molecular formula is C23H31ClN4O2. The van der Waals surface area contributed by atoms with Crippen molar-refractivity contribution in [3.8, 4) is 0 Å². The molecule has 1 aromatic carbocycles. The van der Waals surface area contributed by atoms with E-state index in [1.54, 1.807) is 11.6 Å². The number of aromatic nitrogens is 2. The van der Waals surface area contributed by atoms with Crippen molar-refractivity contribution in [2.75, 3.05) is 26.7 Å². The van der Waals surface area contributed by atoms with E-state index < -0.39 is 0 Å². The Morgan fingerprint density at radius 2 is 1.80 bits per heavy atom. The van der Waals surface area contributed by atoms with Crippen LogP contribution in [-0.2, 0) is 11.3 Å². The largest absolute Gasteiger partial charge is 0.340 e. The van der Waals surface area contributed by atoms with Gasteiger partial charge in [0.05, 0.1) is 11.3 Å². The summed E-state index contributed by atoms with van der Waals surface area (Å²) < 4.78 is 1.69. The molecule has 0 bridgehead atoms. The second-order valence-corrected chi connectivity index (χ2v) is 8.72. The number of hydrogen-bond donors (Lipinski definition) is 0. The summed E-state index contributed by atoms with van der Waals surface area (Å²) in [6, 6.07) is 8.94. The lowest BCUT2D eigenvalue weighted by molar-refractivity contribution is -0.131. The van der Waals surface area contributed by atoms with Crippen LogP contribution in [0.15, 0.2) is 24.3 Å². The average molecular weight is 431 g/mol. The van der Waals surface area contributed by atoms with Crippen molar-refractivity contribution < 1.29 is 9.59 Å². The summed E-state index contributed by atoms with van der Waals surface area (Å²) in [6.45, 7) is 10.2. The third-order valence-corrected chi connectivity index (χ3v) is 6.77. The van der Waals surface area contributed by atoms with Crippen molar-refractivity contribution in [1.82, 2.24) is 19.6 Å². The quantitative estimate of drug-likeness (QED) is 0.699. The van der Waals surface area contributed by atoms with E-state index >= 15 is 0 Å². The van der Waals surface area contributed by atoms with E-state index in [0.29, 0.717) is 29.1 Å². The molecule has 3 heterocycles. The summed E-state index contributed by atoms with van der Waals surface area (Å²) in [5.41, 5.74) is 4.80. The molecule has 0 unspecified atom stereocenters. The van der Waals surface area contributed by atoms with Crippen LogP contribution in [-0.4, -0.2) is 58.0 Å². The highest BCUT2D eigenvalue weighted by molar-refractivity contribution is 5.96. The van der Waals surface area contributed by atoms with E-state index in [2.05, 4.69) is 48.2 Å². The lowest BCUT2D eigenvalue weighted by Crippen LogP contribution is -2.36. The fourth-order valence-electron chi connectivity index (χ4n) is 5.44. The second kappa shape index (κ2) is 8.52. The highest BCUT2D eigenvalue weighted by atomic mass is 35.5. The van der Waals surface area contributed by atoms with Crippen LogP contribution >= 0.6 is 12.4 Å². The molecule has 2 fully saturated rings. The maximum Gasteiger partial charge on any atom is 0.244 e. The minimum atomic E-state index is -0.00138. The van der Waals surface area contributed by atoms with Crippen molar-refractivity contribution in [2.45, 2.75) is 40.3 Å². The lowest BCUT2D eigenvalue weighted by atomic mass is 9.88. The number of rotatable bonds is 4. The second-order valence-electron chi connectivity index (χ2n) is 8.72. The van der Waals surface area contributed by atoms with Gasteiger partial charge in [0.1, 0.15) is 6.54 Å². The van der Waals surface area contributed by atoms with Crippen LogP contribution < -0.4 is 0 Å². The average Bonchev–Trinajstić information content (AvgIpc) is 3.26. The highest BCUT2D eigenvalue weighted by Gasteiger charge is 2.47. The minimum absolute atomic E-state index is 0. The fraction of sp³-hybridized carbons (Fsp3) is 0.522. The van der Waals surface area contributed by atoms with Crippen LogP contribution in [0.4, 0.5) is 0 Å². The molecule has 1 amide bonds. The van der Waals surface area contributed by atoms with Gasteiger partial charge in [-0.15, -0.1) is 12.4 Å². The zero-order valence-electron chi connectivity index (χ0n) is 18.4. The molecule has 0 radical (unpaired) electrons. The molecule has 2 aliphatic rings. The predicted molar refractivity (Wildman–Crippen MR) is 119 cm³/mol. The Labute approximate surface area is 184 Å². The molecule has 0 N–H and O–H groups in total. The van der Waals surface area contributed by atoms with Gasteiger partial charge in [0, 0.05) is 37.3 Å². The first-order valence-corrected chi connectivity index (χ1v) is 10.4. The van der Waals surface area contributed by atoms with E-state index in [1.165, 1.54) is 11.1 Å². The van der Waals surface area contributed by atoms with Gasteiger partial charge in [-0.2, -0.15) is 5.10 Å². The van der Waals surface area contributed by atoms with Crippen LogP contribution in [0, 0.1) is 32.6 Å². The Kier molecular flexibility index (Phi) is 6.39. The van der Waals surface area contributed by atoms with Crippen LogP contribution in [0.25, 0.3) is 0 Å². The standard InChI is InChI=1S/C23H30N4O2.ClH/c1-14-8-6-7-9-19(14)23-20-12-26(11-18(20)10-25(23)5)21(29)13-27-16(3)22(17(4)28)15(2)24-27;/h6-9,18,20,23H,10-13H2,1-5H3;1H/t18-,20+,23+;/m0./s1. The van der Waals surface area contributed by atoms with Crippen LogP contribution in [0.5, 0.6) is 0 Å². The number of carbonyl (C=O) groups excluding carboxylic acids is 2. The summed E-state index contributed by atoms with van der Waals surface area (Å²) in [6.07, 6.45) is 0. The molecule has 162 valence electrons. The Morgan fingerprint density at radius 1 is 1.10 bits per heavy atom. The molecular weight excluding hydrogens is 400 g/mol. The first-order valence-electron chi connectivity index (χ1n) is 10.4. The monoisotopic (exact) mass is 430 g/mol. The molecule has 1 aromatic heterocycles. The number of amides is 1.